The molecule has 0 saturated heterocycles. The molecule has 0 aliphatic carbocycles. The second kappa shape index (κ2) is 5.46. The molecule has 0 amide bonds. The summed E-state index contributed by atoms with van der Waals surface area (Å²) in [5.74, 6) is 0.871. The van der Waals surface area contributed by atoms with Gasteiger partial charge in [-0.15, -0.1) is 21.5 Å². The zero-order chi connectivity index (χ0) is 13.9. The lowest BCUT2D eigenvalue weighted by molar-refractivity contribution is 0.919. The van der Waals surface area contributed by atoms with Crippen LogP contribution in [0.2, 0.25) is 0 Å². The number of thiophene rings is 1. The number of hydrogen-bond acceptors (Lipinski definition) is 4. The molecule has 0 bridgehead atoms. The molecule has 3 aromatic rings. The van der Waals surface area contributed by atoms with Gasteiger partial charge in [-0.2, -0.15) is 0 Å². The molecule has 5 heteroatoms. The molecule has 20 heavy (non-hydrogen) atoms. The Kier molecular flexibility index (Phi) is 3.52. The number of nitrogens with one attached hydrogen (secondary N) is 1. The summed E-state index contributed by atoms with van der Waals surface area (Å²) in [6, 6.07) is 12.5. The lowest BCUT2D eigenvalue weighted by atomic mass is 10.1. The largest absolute Gasteiger partial charge is 0.380 e. The van der Waals surface area contributed by atoms with Crippen molar-refractivity contribution in [2.24, 2.45) is 7.05 Å². The van der Waals surface area contributed by atoms with Crippen LogP contribution in [0.1, 0.15) is 9.75 Å². The van der Waals surface area contributed by atoms with Crippen molar-refractivity contribution < 1.29 is 0 Å². The predicted molar refractivity (Wildman–Crippen MR) is 82.8 cm³/mol. The van der Waals surface area contributed by atoms with E-state index in [-0.39, 0.29) is 0 Å². The number of benzene rings is 1. The van der Waals surface area contributed by atoms with Gasteiger partial charge in [0, 0.05) is 34.6 Å². The average molecular weight is 284 g/mol. The summed E-state index contributed by atoms with van der Waals surface area (Å²) < 4.78 is 1.93. The number of para-hydroxylation sites is 1. The van der Waals surface area contributed by atoms with E-state index in [0.29, 0.717) is 0 Å². The smallest absolute Gasteiger partial charge is 0.165 e. The molecule has 0 saturated carbocycles. The molecule has 2 aromatic heterocycles. The highest BCUT2D eigenvalue weighted by molar-refractivity contribution is 7.11. The minimum absolute atomic E-state index is 0.827. The van der Waals surface area contributed by atoms with E-state index in [1.165, 1.54) is 9.75 Å². The number of aromatic nitrogens is 3. The van der Waals surface area contributed by atoms with E-state index in [0.717, 1.165) is 23.6 Å². The van der Waals surface area contributed by atoms with Gasteiger partial charge >= 0.3 is 0 Å². The molecule has 0 unspecified atom stereocenters. The summed E-state index contributed by atoms with van der Waals surface area (Å²) in [6.07, 6.45) is 1.72. The molecular weight excluding hydrogens is 268 g/mol. The van der Waals surface area contributed by atoms with Gasteiger partial charge in [0.05, 0.1) is 0 Å². The van der Waals surface area contributed by atoms with Crippen LogP contribution in [0.4, 0.5) is 5.69 Å². The van der Waals surface area contributed by atoms with Gasteiger partial charge in [-0.05, 0) is 31.2 Å². The molecule has 0 fully saturated rings. The summed E-state index contributed by atoms with van der Waals surface area (Å²) in [6.45, 7) is 2.95. The second-order valence-electron chi connectivity index (χ2n) is 4.68. The highest BCUT2D eigenvalue weighted by Gasteiger charge is 2.09. The Morgan fingerprint density at radius 2 is 2.05 bits per heavy atom. The zero-order valence-corrected chi connectivity index (χ0v) is 12.3. The maximum absolute atomic E-state index is 4.18. The minimum Gasteiger partial charge on any atom is -0.380 e. The Labute approximate surface area is 122 Å². The summed E-state index contributed by atoms with van der Waals surface area (Å²) in [4.78, 5) is 2.67. The molecule has 0 aliphatic rings. The number of aryl methyl sites for hydroxylation is 2. The van der Waals surface area contributed by atoms with Crippen molar-refractivity contribution >= 4 is 17.0 Å². The summed E-state index contributed by atoms with van der Waals surface area (Å²) in [5, 5.41) is 11.6. The molecule has 0 radical (unpaired) electrons. The first-order valence-electron chi connectivity index (χ1n) is 6.46. The van der Waals surface area contributed by atoms with E-state index in [4.69, 9.17) is 0 Å². The first-order chi connectivity index (χ1) is 9.74. The lowest BCUT2D eigenvalue weighted by Crippen LogP contribution is -2.01. The number of hydrogen-bond donors (Lipinski definition) is 1. The van der Waals surface area contributed by atoms with E-state index in [1.54, 1.807) is 6.33 Å². The molecule has 3 rings (SSSR count). The number of nitrogens with zero attached hydrogens (tertiary/aromatic N) is 3. The summed E-state index contributed by atoms with van der Waals surface area (Å²) >= 11 is 1.82. The Morgan fingerprint density at radius 3 is 2.75 bits per heavy atom. The Bertz CT molecular complexity index is 714. The zero-order valence-electron chi connectivity index (χ0n) is 11.5. The topological polar surface area (TPSA) is 42.7 Å². The van der Waals surface area contributed by atoms with Gasteiger partial charge in [0.2, 0.25) is 0 Å². The van der Waals surface area contributed by atoms with E-state index >= 15 is 0 Å². The van der Waals surface area contributed by atoms with Gasteiger partial charge in [0.1, 0.15) is 6.33 Å². The maximum atomic E-state index is 4.18. The quantitative estimate of drug-likeness (QED) is 0.797. The monoisotopic (exact) mass is 284 g/mol. The molecule has 4 nitrogen and oxygen atoms in total. The van der Waals surface area contributed by atoms with Crippen molar-refractivity contribution in [2.45, 2.75) is 13.5 Å². The van der Waals surface area contributed by atoms with Crippen LogP contribution in [0.5, 0.6) is 0 Å². The third-order valence-electron chi connectivity index (χ3n) is 3.13. The van der Waals surface area contributed by atoms with Crippen LogP contribution in [-0.4, -0.2) is 14.8 Å². The van der Waals surface area contributed by atoms with Gasteiger partial charge in [0.25, 0.3) is 0 Å². The fourth-order valence-electron chi connectivity index (χ4n) is 2.12. The van der Waals surface area contributed by atoms with E-state index in [1.807, 2.05) is 35.1 Å². The normalized spacial score (nSPS) is 10.7. The van der Waals surface area contributed by atoms with Crippen LogP contribution in [-0.2, 0) is 13.6 Å². The molecule has 0 aliphatic heterocycles. The van der Waals surface area contributed by atoms with Crippen LogP contribution < -0.4 is 5.32 Å². The van der Waals surface area contributed by atoms with Gasteiger partial charge in [-0.3, -0.25) is 0 Å². The van der Waals surface area contributed by atoms with Crippen molar-refractivity contribution in [3.63, 3.8) is 0 Å². The van der Waals surface area contributed by atoms with E-state index in [2.05, 4.69) is 46.7 Å². The lowest BCUT2D eigenvalue weighted by Gasteiger charge is -2.10. The molecule has 1 aromatic carbocycles. The first-order valence-corrected chi connectivity index (χ1v) is 7.28. The van der Waals surface area contributed by atoms with Crippen LogP contribution in [0, 0.1) is 6.92 Å². The number of rotatable bonds is 4. The number of anilines is 1. The first kappa shape index (κ1) is 12.9. The molecule has 1 N–H and O–H groups in total. The van der Waals surface area contributed by atoms with Crippen LogP contribution in [0.25, 0.3) is 11.4 Å². The maximum Gasteiger partial charge on any atom is 0.165 e. The SMILES string of the molecule is Cc1ccc(CNc2ccccc2-c2nncn2C)s1. The standard InChI is InChI=1S/C15H16N4S/c1-11-7-8-12(20-11)9-16-14-6-4-3-5-13(14)15-18-17-10-19(15)2/h3-8,10,16H,9H2,1-2H3. The minimum atomic E-state index is 0.827. The van der Waals surface area contributed by atoms with E-state index in [9.17, 15) is 0 Å². The Morgan fingerprint density at radius 1 is 1.20 bits per heavy atom. The van der Waals surface area contributed by atoms with Crippen molar-refractivity contribution in [2.75, 3.05) is 5.32 Å². The van der Waals surface area contributed by atoms with Gasteiger partial charge in [0.15, 0.2) is 5.82 Å². The third kappa shape index (κ3) is 2.58. The Hall–Kier alpha value is -2.14. The van der Waals surface area contributed by atoms with Crippen molar-refractivity contribution in [3.05, 3.63) is 52.5 Å². The van der Waals surface area contributed by atoms with Crippen LogP contribution in [0.3, 0.4) is 0 Å². The Balaban J connectivity index is 1.85. The molecule has 2 heterocycles. The highest BCUT2D eigenvalue weighted by atomic mass is 32.1. The van der Waals surface area contributed by atoms with Crippen molar-refractivity contribution in [1.82, 2.24) is 14.8 Å². The van der Waals surface area contributed by atoms with Crippen molar-refractivity contribution in [3.8, 4) is 11.4 Å². The molecule has 0 atom stereocenters. The molecule has 102 valence electrons. The molecule has 0 spiro atoms. The van der Waals surface area contributed by atoms with Crippen LogP contribution in [0.15, 0.2) is 42.7 Å². The fraction of sp³-hybridized carbons (Fsp3) is 0.200. The van der Waals surface area contributed by atoms with Crippen LogP contribution >= 0.6 is 11.3 Å². The summed E-state index contributed by atoms with van der Waals surface area (Å²) in [7, 11) is 1.95. The summed E-state index contributed by atoms with van der Waals surface area (Å²) in [5.41, 5.74) is 2.15. The fourth-order valence-corrected chi connectivity index (χ4v) is 2.95. The molecular formula is C15H16N4S. The van der Waals surface area contributed by atoms with E-state index < -0.39 is 0 Å². The second-order valence-corrected chi connectivity index (χ2v) is 6.05. The van der Waals surface area contributed by atoms with Gasteiger partial charge in [-0.25, -0.2) is 0 Å². The van der Waals surface area contributed by atoms with Crippen molar-refractivity contribution in [1.29, 1.82) is 0 Å². The highest BCUT2D eigenvalue weighted by Crippen LogP contribution is 2.26. The predicted octanol–water partition coefficient (Wildman–Crippen LogP) is 3.46. The third-order valence-corrected chi connectivity index (χ3v) is 4.13. The van der Waals surface area contributed by atoms with Gasteiger partial charge in [-0.1, -0.05) is 12.1 Å². The average Bonchev–Trinajstić information content (AvgIpc) is 3.05. The van der Waals surface area contributed by atoms with Gasteiger partial charge < -0.3 is 9.88 Å².